The molecule has 0 spiro atoms. The average Bonchev–Trinajstić information content (AvgIpc) is 2.80. The molecule has 0 amide bonds. The first kappa shape index (κ1) is 24.5. The monoisotopic (exact) mass is 446 g/mol. The molecule has 2 rings (SSSR count). The van der Waals surface area contributed by atoms with Gasteiger partial charge in [0.05, 0.1) is 35.5 Å². The molecular formula is C22H22O10. The average molecular weight is 446 g/mol. The molecule has 0 radical (unpaired) electrons. The Morgan fingerprint density at radius 3 is 1.81 bits per heavy atom. The second-order valence-electron chi connectivity index (χ2n) is 6.74. The van der Waals surface area contributed by atoms with Gasteiger partial charge in [0.15, 0.2) is 0 Å². The molecule has 32 heavy (non-hydrogen) atoms. The number of aromatic carboxylic acids is 2. The van der Waals surface area contributed by atoms with Crippen molar-refractivity contribution in [3.63, 3.8) is 0 Å². The third-order valence-corrected chi connectivity index (χ3v) is 4.43. The number of carboxylic acid groups (broad SMARTS) is 2. The second kappa shape index (κ2) is 11.6. The zero-order valence-corrected chi connectivity index (χ0v) is 16.8. The molecule has 10 heteroatoms. The number of ether oxygens (including phenoxy) is 2. The van der Waals surface area contributed by atoms with Gasteiger partial charge in [-0.25, -0.2) is 19.2 Å². The third kappa shape index (κ3) is 6.89. The van der Waals surface area contributed by atoms with Crippen LogP contribution in [0, 0.1) is 0 Å². The van der Waals surface area contributed by atoms with Crippen LogP contribution in [-0.4, -0.2) is 69.7 Å². The van der Waals surface area contributed by atoms with Crippen molar-refractivity contribution in [2.45, 2.75) is 25.0 Å². The Hall–Kier alpha value is -3.76. The number of benzene rings is 2. The Kier molecular flexibility index (Phi) is 8.87. The molecule has 2 aromatic rings. The van der Waals surface area contributed by atoms with E-state index in [4.69, 9.17) is 19.7 Å². The summed E-state index contributed by atoms with van der Waals surface area (Å²) in [6.45, 7) is -0.800. The van der Waals surface area contributed by atoms with Crippen molar-refractivity contribution < 1.29 is 49.1 Å². The highest BCUT2D eigenvalue weighted by Crippen LogP contribution is 2.14. The van der Waals surface area contributed by atoms with Gasteiger partial charge in [-0.15, -0.1) is 0 Å². The summed E-state index contributed by atoms with van der Waals surface area (Å²) < 4.78 is 10.3. The topological polar surface area (TPSA) is 168 Å². The highest BCUT2D eigenvalue weighted by Gasteiger charge is 2.24. The Morgan fingerprint density at radius 2 is 1.31 bits per heavy atom. The van der Waals surface area contributed by atoms with Gasteiger partial charge < -0.3 is 29.9 Å². The summed E-state index contributed by atoms with van der Waals surface area (Å²) in [6, 6.07) is 10.5. The van der Waals surface area contributed by atoms with Crippen molar-refractivity contribution in [3.8, 4) is 0 Å². The number of hydrogen-bond acceptors (Lipinski definition) is 8. The van der Waals surface area contributed by atoms with Crippen molar-refractivity contribution in [3.05, 3.63) is 70.8 Å². The zero-order valence-electron chi connectivity index (χ0n) is 16.8. The fourth-order valence-corrected chi connectivity index (χ4v) is 2.74. The van der Waals surface area contributed by atoms with Crippen LogP contribution >= 0.6 is 0 Å². The molecule has 2 atom stereocenters. The standard InChI is InChI=1S/C22H22O10/c23-12-17(24)18(32-22(30)16-7-2-5-14(11-16)20(27)28)8-3-9-31-21(29)15-6-1-4-13(10-15)19(25)26/h1-2,4-7,10-11,17-18,23-24H,3,8-9,12H2,(H,25,26)(H,27,28). The summed E-state index contributed by atoms with van der Waals surface area (Å²) in [5, 5.41) is 37.1. The lowest BCUT2D eigenvalue weighted by Gasteiger charge is -2.22. The molecule has 170 valence electrons. The van der Waals surface area contributed by atoms with E-state index < -0.39 is 42.7 Å². The highest BCUT2D eigenvalue weighted by atomic mass is 16.6. The normalized spacial score (nSPS) is 12.4. The summed E-state index contributed by atoms with van der Waals surface area (Å²) in [5.41, 5.74) is -0.159. The van der Waals surface area contributed by atoms with Gasteiger partial charge in [0.1, 0.15) is 12.2 Å². The maximum atomic E-state index is 12.3. The molecule has 0 aromatic heterocycles. The van der Waals surface area contributed by atoms with Gasteiger partial charge in [0.2, 0.25) is 0 Å². The van der Waals surface area contributed by atoms with E-state index in [1.807, 2.05) is 0 Å². The van der Waals surface area contributed by atoms with Gasteiger partial charge in [-0.3, -0.25) is 0 Å². The molecule has 0 aliphatic carbocycles. The number of carbonyl (C=O) groups excluding carboxylic acids is 2. The number of hydrogen-bond donors (Lipinski definition) is 4. The molecule has 0 aliphatic heterocycles. The number of aliphatic hydroxyl groups is 2. The SMILES string of the molecule is O=C(O)c1cccc(C(=O)OCCCC(OC(=O)c2cccc(C(=O)O)c2)C(O)CO)c1. The third-order valence-electron chi connectivity index (χ3n) is 4.43. The lowest BCUT2D eigenvalue weighted by Crippen LogP contribution is -2.34. The summed E-state index contributed by atoms with van der Waals surface area (Å²) in [6.07, 6.45) is -2.33. The molecule has 2 unspecified atom stereocenters. The fraction of sp³-hybridized carbons (Fsp3) is 0.273. The molecular weight excluding hydrogens is 424 g/mol. The smallest absolute Gasteiger partial charge is 0.338 e. The van der Waals surface area contributed by atoms with Crippen LogP contribution in [0.4, 0.5) is 0 Å². The van der Waals surface area contributed by atoms with Gasteiger partial charge >= 0.3 is 23.9 Å². The predicted octanol–water partition coefficient (Wildman–Crippen LogP) is 1.60. The fourth-order valence-electron chi connectivity index (χ4n) is 2.74. The number of rotatable bonds is 11. The minimum Gasteiger partial charge on any atom is -0.478 e. The summed E-state index contributed by atoms with van der Waals surface area (Å²) in [4.78, 5) is 46.4. The van der Waals surface area contributed by atoms with E-state index in [-0.39, 0.29) is 41.7 Å². The van der Waals surface area contributed by atoms with Crippen molar-refractivity contribution in [1.82, 2.24) is 0 Å². The Morgan fingerprint density at radius 1 is 0.812 bits per heavy atom. The van der Waals surface area contributed by atoms with Gasteiger partial charge in [-0.1, -0.05) is 12.1 Å². The molecule has 0 saturated carbocycles. The van der Waals surface area contributed by atoms with E-state index in [2.05, 4.69) is 0 Å². The van der Waals surface area contributed by atoms with E-state index in [0.29, 0.717) is 0 Å². The first-order valence-corrected chi connectivity index (χ1v) is 9.56. The van der Waals surface area contributed by atoms with E-state index in [1.165, 1.54) is 42.5 Å². The maximum absolute atomic E-state index is 12.3. The quantitative estimate of drug-likeness (QED) is 0.294. The van der Waals surface area contributed by atoms with Crippen molar-refractivity contribution in [1.29, 1.82) is 0 Å². The summed E-state index contributed by atoms with van der Waals surface area (Å²) in [7, 11) is 0. The van der Waals surface area contributed by atoms with E-state index >= 15 is 0 Å². The molecule has 2 aromatic carbocycles. The van der Waals surface area contributed by atoms with Gasteiger partial charge in [-0.2, -0.15) is 0 Å². The molecule has 0 aliphatic rings. The van der Waals surface area contributed by atoms with E-state index in [9.17, 15) is 29.4 Å². The molecule has 4 N–H and O–H groups in total. The number of esters is 2. The Balaban J connectivity index is 1.92. The largest absolute Gasteiger partial charge is 0.478 e. The first-order valence-electron chi connectivity index (χ1n) is 9.56. The minimum absolute atomic E-state index is 0.0362. The van der Waals surface area contributed by atoms with Crippen molar-refractivity contribution >= 4 is 23.9 Å². The van der Waals surface area contributed by atoms with Crippen molar-refractivity contribution in [2.75, 3.05) is 13.2 Å². The molecule has 10 nitrogen and oxygen atoms in total. The van der Waals surface area contributed by atoms with Crippen LogP contribution < -0.4 is 0 Å². The van der Waals surface area contributed by atoms with Crippen LogP contribution in [-0.2, 0) is 9.47 Å². The summed E-state index contributed by atoms with van der Waals surface area (Å²) >= 11 is 0. The lowest BCUT2D eigenvalue weighted by atomic mass is 10.1. The van der Waals surface area contributed by atoms with Crippen LogP contribution in [0.25, 0.3) is 0 Å². The van der Waals surface area contributed by atoms with Crippen LogP contribution in [0.2, 0.25) is 0 Å². The molecule has 0 bridgehead atoms. The van der Waals surface area contributed by atoms with Gasteiger partial charge in [0, 0.05) is 0 Å². The number of aliphatic hydroxyl groups excluding tert-OH is 2. The van der Waals surface area contributed by atoms with Crippen molar-refractivity contribution in [2.24, 2.45) is 0 Å². The van der Waals surface area contributed by atoms with Crippen LogP contribution in [0.1, 0.15) is 54.3 Å². The number of carboxylic acids is 2. The Labute approximate surface area is 182 Å². The molecule has 0 saturated heterocycles. The molecule has 0 fully saturated rings. The highest BCUT2D eigenvalue weighted by molar-refractivity contribution is 5.95. The van der Waals surface area contributed by atoms with E-state index in [1.54, 1.807) is 0 Å². The van der Waals surface area contributed by atoms with E-state index in [0.717, 1.165) is 6.07 Å². The van der Waals surface area contributed by atoms with Crippen LogP contribution in [0.5, 0.6) is 0 Å². The number of carbonyl (C=O) groups is 4. The molecule has 0 heterocycles. The maximum Gasteiger partial charge on any atom is 0.338 e. The minimum atomic E-state index is -1.40. The van der Waals surface area contributed by atoms with Gasteiger partial charge in [0.25, 0.3) is 0 Å². The second-order valence-corrected chi connectivity index (χ2v) is 6.74. The zero-order chi connectivity index (χ0) is 23.7. The van der Waals surface area contributed by atoms with Gasteiger partial charge in [-0.05, 0) is 49.2 Å². The predicted molar refractivity (Wildman–Crippen MR) is 109 cm³/mol. The van der Waals surface area contributed by atoms with Crippen LogP contribution in [0.3, 0.4) is 0 Å². The lowest BCUT2D eigenvalue weighted by molar-refractivity contribution is -0.0422. The summed E-state index contributed by atoms with van der Waals surface area (Å²) in [5.74, 6) is -4.03. The first-order chi connectivity index (χ1) is 15.2. The van der Waals surface area contributed by atoms with Crippen LogP contribution in [0.15, 0.2) is 48.5 Å². The Bertz CT molecular complexity index is 984.